The zero-order valence-electron chi connectivity index (χ0n) is 10.9. The van der Waals surface area contributed by atoms with E-state index in [1.54, 1.807) is 19.2 Å². The maximum Gasteiger partial charge on any atom is 0.264 e. The number of amides is 2. The zero-order valence-corrected chi connectivity index (χ0v) is 11.7. The van der Waals surface area contributed by atoms with Crippen molar-refractivity contribution in [2.24, 2.45) is 0 Å². The van der Waals surface area contributed by atoms with E-state index in [0.29, 0.717) is 4.88 Å². The first-order valence-electron chi connectivity index (χ1n) is 6.28. The average molecular weight is 282 g/mol. The highest BCUT2D eigenvalue weighted by molar-refractivity contribution is 7.12. The van der Waals surface area contributed by atoms with E-state index in [4.69, 9.17) is 0 Å². The van der Waals surface area contributed by atoms with Crippen molar-refractivity contribution in [1.29, 1.82) is 0 Å². The average Bonchev–Trinajstić information content (AvgIpc) is 2.86. The van der Waals surface area contributed by atoms with Crippen molar-refractivity contribution < 1.29 is 14.7 Å². The van der Waals surface area contributed by atoms with Crippen LogP contribution in [0.1, 0.15) is 28.9 Å². The lowest BCUT2D eigenvalue weighted by Crippen LogP contribution is -2.49. The third-order valence-corrected chi connectivity index (χ3v) is 4.22. The molecule has 1 fully saturated rings. The van der Waals surface area contributed by atoms with Crippen molar-refractivity contribution in [3.63, 3.8) is 0 Å². The molecule has 2 N–H and O–H groups in total. The third-order valence-electron chi connectivity index (χ3n) is 3.36. The maximum absolute atomic E-state index is 11.9. The number of carbonyl (C=O) groups excluding carboxylic acids is 2. The number of aliphatic hydroxyl groups is 1. The molecule has 104 valence electrons. The molecule has 0 aromatic carbocycles. The van der Waals surface area contributed by atoms with Crippen molar-refractivity contribution in [1.82, 2.24) is 10.2 Å². The second kappa shape index (κ2) is 5.71. The first-order chi connectivity index (χ1) is 9.00. The van der Waals surface area contributed by atoms with Crippen LogP contribution in [-0.2, 0) is 4.79 Å². The maximum atomic E-state index is 11.9. The minimum absolute atomic E-state index is 0.00676. The minimum Gasteiger partial charge on any atom is -0.388 e. The lowest BCUT2D eigenvalue weighted by Gasteiger charge is -2.36. The summed E-state index contributed by atoms with van der Waals surface area (Å²) in [6, 6.07) is 3.54. The van der Waals surface area contributed by atoms with Crippen molar-refractivity contribution in [3.8, 4) is 0 Å². The second-order valence-electron chi connectivity index (χ2n) is 4.99. The van der Waals surface area contributed by atoms with Crippen molar-refractivity contribution in [2.45, 2.75) is 24.9 Å². The normalized spacial score (nSPS) is 16.5. The monoisotopic (exact) mass is 282 g/mol. The Morgan fingerprint density at radius 3 is 2.79 bits per heavy atom. The molecule has 1 aromatic rings. The summed E-state index contributed by atoms with van der Waals surface area (Å²) in [6.07, 6.45) is 2.47. The molecular weight excluding hydrogens is 264 g/mol. The number of nitrogens with one attached hydrogen (secondary N) is 1. The number of rotatable bonds is 5. The number of carbonyl (C=O) groups is 2. The minimum atomic E-state index is -0.730. The first kappa shape index (κ1) is 14.0. The Kier molecular flexibility index (Phi) is 4.21. The van der Waals surface area contributed by atoms with E-state index in [0.717, 1.165) is 19.3 Å². The van der Waals surface area contributed by atoms with Gasteiger partial charge in [0.25, 0.3) is 5.91 Å². The molecule has 0 radical (unpaired) electrons. The SMILES string of the molecule is CN(CC(=O)NCC1(O)CCC1)C(=O)c1cccs1. The summed E-state index contributed by atoms with van der Waals surface area (Å²) < 4.78 is 0. The van der Waals surface area contributed by atoms with Gasteiger partial charge in [0.2, 0.25) is 5.91 Å². The quantitative estimate of drug-likeness (QED) is 0.841. The molecule has 2 amide bonds. The standard InChI is InChI=1S/C13H18N2O3S/c1-15(12(17)10-4-2-7-19-10)8-11(16)14-9-13(18)5-3-6-13/h2,4,7,18H,3,5-6,8-9H2,1H3,(H,14,16). The van der Waals surface area contributed by atoms with Gasteiger partial charge in [0.1, 0.15) is 0 Å². The van der Waals surface area contributed by atoms with E-state index in [9.17, 15) is 14.7 Å². The van der Waals surface area contributed by atoms with E-state index in [1.165, 1.54) is 16.2 Å². The summed E-state index contributed by atoms with van der Waals surface area (Å²) >= 11 is 1.35. The van der Waals surface area contributed by atoms with Crippen LogP contribution in [0.4, 0.5) is 0 Å². The van der Waals surface area contributed by atoms with Crippen LogP contribution in [0.15, 0.2) is 17.5 Å². The molecule has 0 saturated heterocycles. The number of thiophene rings is 1. The summed E-state index contributed by atoms with van der Waals surface area (Å²) in [6.45, 7) is 0.277. The highest BCUT2D eigenvalue weighted by Gasteiger charge is 2.34. The molecule has 1 aliphatic carbocycles. The van der Waals surface area contributed by atoms with Crippen molar-refractivity contribution in [2.75, 3.05) is 20.1 Å². The van der Waals surface area contributed by atoms with Gasteiger partial charge in [0.05, 0.1) is 17.0 Å². The van der Waals surface area contributed by atoms with Crippen molar-refractivity contribution >= 4 is 23.2 Å². The summed E-state index contributed by atoms with van der Waals surface area (Å²) in [7, 11) is 1.60. The summed E-state index contributed by atoms with van der Waals surface area (Å²) in [5.41, 5.74) is -0.730. The van der Waals surface area contributed by atoms with Gasteiger partial charge in [-0.1, -0.05) is 6.07 Å². The Morgan fingerprint density at radius 1 is 1.53 bits per heavy atom. The van der Waals surface area contributed by atoms with Gasteiger partial charge in [-0.3, -0.25) is 9.59 Å². The molecule has 0 spiro atoms. The van der Waals surface area contributed by atoms with E-state index in [-0.39, 0.29) is 24.9 Å². The Bertz CT molecular complexity index is 454. The van der Waals surface area contributed by atoms with Crippen LogP contribution >= 0.6 is 11.3 Å². The molecule has 1 heterocycles. The molecule has 1 aliphatic rings. The number of likely N-dealkylation sites (N-methyl/N-ethyl adjacent to an activating group) is 1. The highest BCUT2D eigenvalue weighted by Crippen LogP contribution is 2.30. The largest absolute Gasteiger partial charge is 0.388 e. The summed E-state index contributed by atoms with van der Waals surface area (Å²) in [4.78, 5) is 25.6. The van der Waals surface area contributed by atoms with Crippen LogP contribution < -0.4 is 5.32 Å². The van der Waals surface area contributed by atoms with Gasteiger partial charge in [-0.15, -0.1) is 11.3 Å². The van der Waals surface area contributed by atoms with Gasteiger partial charge in [-0.2, -0.15) is 0 Å². The van der Waals surface area contributed by atoms with Crippen LogP contribution in [-0.4, -0.2) is 47.6 Å². The Labute approximate surface area is 116 Å². The first-order valence-corrected chi connectivity index (χ1v) is 7.16. The fourth-order valence-corrected chi connectivity index (χ4v) is 2.67. The third kappa shape index (κ3) is 3.54. The van der Waals surface area contributed by atoms with Crippen LogP contribution in [0.25, 0.3) is 0 Å². The van der Waals surface area contributed by atoms with Gasteiger partial charge < -0.3 is 15.3 Å². The van der Waals surface area contributed by atoms with Crippen LogP contribution in [0.3, 0.4) is 0 Å². The molecule has 1 aromatic heterocycles. The van der Waals surface area contributed by atoms with E-state index in [2.05, 4.69) is 5.32 Å². The number of nitrogens with zero attached hydrogens (tertiary/aromatic N) is 1. The molecule has 6 heteroatoms. The summed E-state index contributed by atoms with van der Waals surface area (Å²) in [5.74, 6) is -0.403. The molecule has 0 aliphatic heterocycles. The van der Waals surface area contributed by atoms with Gasteiger partial charge in [-0.05, 0) is 30.7 Å². The van der Waals surface area contributed by atoms with Crippen LogP contribution in [0.2, 0.25) is 0 Å². The molecule has 0 unspecified atom stereocenters. The predicted octanol–water partition coefficient (Wildman–Crippen LogP) is 0.851. The van der Waals surface area contributed by atoms with Gasteiger partial charge in [0, 0.05) is 13.6 Å². The Balaban J connectivity index is 1.77. The summed E-state index contributed by atoms with van der Waals surface area (Å²) in [5, 5.41) is 14.4. The molecule has 19 heavy (non-hydrogen) atoms. The van der Waals surface area contributed by atoms with Gasteiger partial charge >= 0.3 is 0 Å². The van der Waals surface area contributed by atoms with E-state index < -0.39 is 5.60 Å². The van der Waals surface area contributed by atoms with Crippen LogP contribution in [0, 0.1) is 0 Å². The smallest absolute Gasteiger partial charge is 0.264 e. The van der Waals surface area contributed by atoms with Crippen molar-refractivity contribution in [3.05, 3.63) is 22.4 Å². The topological polar surface area (TPSA) is 69.6 Å². The Hall–Kier alpha value is -1.40. The van der Waals surface area contributed by atoms with E-state index >= 15 is 0 Å². The number of hydrogen-bond donors (Lipinski definition) is 2. The molecule has 1 saturated carbocycles. The lowest BCUT2D eigenvalue weighted by molar-refractivity contribution is -0.124. The molecular formula is C13H18N2O3S. The Morgan fingerprint density at radius 2 is 2.26 bits per heavy atom. The molecule has 5 nitrogen and oxygen atoms in total. The van der Waals surface area contributed by atoms with Gasteiger partial charge in [-0.25, -0.2) is 0 Å². The molecule has 0 atom stereocenters. The molecule has 0 bridgehead atoms. The second-order valence-corrected chi connectivity index (χ2v) is 5.94. The highest BCUT2D eigenvalue weighted by atomic mass is 32.1. The van der Waals surface area contributed by atoms with Crippen LogP contribution in [0.5, 0.6) is 0 Å². The predicted molar refractivity (Wildman–Crippen MR) is 73.1 cm³/mol. The zero-order chi connectivity index (χ0) is 13.9. The van der Waals surface area contributed by atoms with Gasteiger partial charge in [0.15, 0.2) is 0 Å². The lowest BCUT2D eigenvalue weighted by atomic mass is 9.80. The molecule has 2 rings (SSSR count). The fourth-order valence-electron chi connectivity index (χ4n) is 1.96. The fraction of sp³-hybridized carbons (Fsp3) is 0.538. The number of hydrogen-bond acceptors (Lipinski definition) is 4. The van der Waals surface area contributed by atoms with E-state index in [1.807, 2.05) is 5.38 Å².